The molecule has 132 valence electrons. The number of benzene rings is 1. The van der Waals surface area contributed by atoms with E-state index in [-0.39, 0.29) is 30.8 Å². The normalized spacial score (nSPS) is 24.7. The van der Waals surface area contributed by atoms with Gasteiger partial charge in [-0.15, -0.1) is 0 Å². The smallest absolute Gasteiger partial charge is 0.416 e. The quantitative estimate of drug-likeness (QED) is 0.852. The zero-order valence-electron chi connectivity index (χ0n) is 13.3. The second-order valence-corrected chi connectivity index (χ2v) is 6.54. The number of rotatable bonds is 3. The molecule has 1 aromatic rings. The summed E-state index contributed by atoms with van der Waals surface area (Å²) in [5.74, 6) is -0.579. The largest absolute Gasteiger partial charge is 0.487 e. The molecule has 2 aliphatic rings. The van der Waals surface area contributed by atoms with Gasteiger partial charge in [-0.25, -0.2) is 0 Å². The van der Waals surface area contributed by atoms with Gasteiger partial charge >= 0.3 is 12.1 Å². The van der Waals surface area contributed by atoms with E-state index in [0.29, 0.717) is 12.8 Å². The summed E-state index contributed by atoms with van der Waals surface area (Å²) < 4.78 is 49.6. The number of aliphatic hydroxyl groups is 1. The number of carbonyl (C=O) groups is 1. The highest BCUT2D eigenvalue weighted by atomic mass is 19.4. The zero-order valence-corrected chi connectivity index (χ0v) is 13.3. The summed E-state index contributed by atoms with van der Waals surface area (Å²) in [7, 11) is 0. The molecule has 1 aromatic carbocycles. The van der Waals surface area contributed by atoms with E-state index in [0.717, 1.165) is 18.6 Å². The highest BCUT2D eigenvalue weighted by Gasteiger charge is 2.53. The molecule has 1 aliphatic heterocycles. The zero-order chi connectivity index (χ0) is 17.6. The number of alkyl halides is 3. The molecule has 24 heavy (non-hydrogen) atoms. The van der Waals surface area contributed by atoms with Crippen molar-refractivity contribution in [3.8, 4) is 5.75 Å². The topological polar surface area (TPSA) is 55.8 Å². The van der Waals surface area contributed by atoms with Crippen molar-refractivity contribution in [3.05, 3.63) is 29.3 Å². The number of esters is 1. The van der Waals surface area contributed by atoms with Crippen LogP contribution in [0, 0.1) is 0 Å². The van der Waals surface area contributed by atoms with E-state index in [1.807, 2.05) is 0 Å². The van der Waals surface area contributed by atoms with Gasteiger partial charge in [0.1, 0.15) is 17.0 Å². The Morgan fingerprint density at radius 2 is 2.08 bits per heavy atom. The summed E-state index contributed by atoms with van der Waals surface area (Å²) >= 11 is 0. The maximum absolute atomic E-state index is 13.0. The molecule has 7 heteroatoms. The molecular formula is C17H19F3O4. The van der Waals surface area contributed by atoms with Gasteiger partial charge in [0.2, 0.25) is 0 Å². The first kappa shape index (κ1) is 17.1. The Kier molecular flexibility index (Phi) is 4.02. The number of carbonyl (C=O) groups excluding carboxylic acids is 1. The number of fused-ring (bicyclic) bond motifs is 1. The second kappa shape index (κ2) is 5.65. The van der Waals surface area contributed by atoms with Crippen molar-refractivity contribution in [2.75, 3.05) is 6.61 Å². The highest BCUT2D eigenvalue weighted by molar-refractivity contribution is 5.71. The molecule has 1 heterocycles. The van der Waals surface area contributed by atoms with Crippen molar-refractivity contribution in [3.63, 3.8) is 0 Å². The molecule has 1 fully saturated rings. The van der Waals surface area contributed by atoms with Gasteiger partial charge in [0.05, 0.1) is 18.6 Å². The van der Waals surface area contributed by atoms with E-state index in [2.05, 4.69) is 0 Å². The van der Waals surface area contributed by atoms with Crippen LogP contribution in [-0.2, 0) is 21.3 Å². The Morgan fingerprint density at radius 1 is 1.38 bits per heavy atom. The summed E-state index contributed by atoms with van der Waals surface area (Å²) in [6, 6.07) is 3.00. The standard InChI is InChI=1S/C17H19F3O4/c1-2-23-14(21)9-16(22)10-15(6-3-7-15)24-13-8-11(17(18,19)20)4-5-12(13)16/h4-5,8,22H,2-3,6-7,9-10H2,1H3. The molecule has 1 unspecified atom stereocenters. The molecule has 0 amide bonds. The first-order chi connectivity index (χ1) is 11.2. The van der Waals surface area contributed by atoms with Crippen molar-refractivity contribution < 1.29 is 32.5 Å². The van der Waals surface area contributed by atoms with E-state index in [4.69, 9.17) is 9.47 Å². The predicted octanol–water partition coefficient (Wildman–Crippen LogP) is 3.55. The molecular weight excluding hydrogens is 325 g/mol. The van der Waals surface area contributed by atoms with Crippen LogP contribution >= 0.6 is 0 Å². The average Bonchev–Trinajstić information content (AvgIpc) is 2.43. The number of halogens is 3. The van der Waals surface area contributed by atoms with Crippen LogP contribution in [0.15, 0.2) is 18.2 Å². The lowest BCUT2D eigenvalue weighted by Crippen LogP contribution is -2.53. The van der Waals surface area contributed by atoms with Gasteiger partial charge in [0.15, 0.2) is 0 Å². The summed E-state index contributed by atoms with van der Waals surface area (Å²) in [4.78, 5) is 11.9. The fourth-order valence-electron chi connectivity index (χ4n) is 3.52. The Morgan fingerprint density at radius 3 is 2.62 bits per heavy atom. The van der Waals surface area contributed by atoms with Crippen LogP contribution in [0.3, 0.4) is 0 Å². The molecule has 1 saturated carbocycles. The summed E-state index contributed by atoms with van der Waals surface area (Å²) in [6.07, 6.45) is -2.45. The van der Waals surface area contributed by atoms with Gasteiger partial charge in [-0.05, 0) is 38.3 Å². The maximum Gasteiger partial charge on any atom is 0.416 e. The molecule has 3 rings (SSSR count). The van der Waals surface area contributed by atoms with E-state index < -0.39 is 28.9 Å². The lowest BCUT2D eigenvalue weighted by molar-refractivity contribution is -0.158. The van der Waals surface area contributed by atoms with Crippen molar-refractivity contribution >= 4 is 5.97 Å². The second-order valence-electron chi connectivity index (χ2n) is 6.54. The van der Waals surface area contributed by atoms with Crippen molar-refractivity contribution in [1.29, 1.82) is 0 Å². The van der Waals surface area contributed by atoms with Crippen LogP contribution < -0.4 is 4.74 Å². The highest BCUT2D eigenvalue weighted by Crippen LogP contribution is 2.53. The third kappa shape index (κ3) is 2.97. The average molecular weight is 344 g/mol. The van der Waals surface area contributed by atoms with Gasteiger partial charge in [0, 0.05) is 12.0 Å². The lowest BCUT2D eigenvalue weighted by Gasteiger charge is -2.50. The SMILES string of the molecule is CCOC(=O)CC1(O)CC2(CCC2)Oc2cc(C(F)(F)F)ccc21. The van der Waals surface area contributed by atoms with E-state index >= 15 is 0 Å². The Labute approximate surface area is 137 Å². The van der Waals surface area contributed by atoms with Crippen LogP contribution in [-0.4, -0.2) is 23.3 Å². The summed E-state index contributed by atoms with van der Waals surface area (Å²) in [5.41, 5.74) is -2.90. The minimum Gasteiger partial charge on any atom is -0.487 e. The monoisotopic (exact) mass is 344 g/mol. The van der Waals surface area contributed by atoms with E-state index in [1.165, 1.54) is 6.07 Å². The van der Waals surface area contributed by atoms with Gasteiger partial charge in [-0.2, -0.15) is 13.2 Å². The fraction of sp³-hybridized carbons (Fsp3) is 0.588. The molecule has 0 radical (unpaired) electrons. The van der Waals surface area contributed by atoms with Crippen LogP contribution in [0.2, 0.25) is 0 Å². The van der Waals surface area contributed by atoms with Crippen molar-refractivity contribution in [1.82, 2.24) is 0 Å². The number of hydrogen-bond donors (Lipinski definition) is 1. The Balaban J connectivity index is 2.00. The first-order valence-electron chi connectivity index (χ1n) is 7.96. The molecule has 1 atom stereocenters. The minimum absolute atomic E-state index is 0.00238. The van der Waals surface area contributed by atoms with E-state index in [9.17, 15) is 23.1 Å². The van der Waals surface area contributed by atoms with Gasteiger partial charge in [-0.3, -0.25) is 4.79 Å². The van der Waals surface area contributed by atoms with Gasteiger partial charge in [0.25, 0.3) is 0 Å². The van der Waals surface area contributed by atoms with Gasteiger partial charge < -0.3 is 14.6 Å². The third-order valence-corrected chi connectivity index (χ3v) is 4.76. The summed E-state index contributed by atoms with van der Waals surface area (Å²) in [6.45, 7) is 1.83. The van der Waals surface area contributed by atoms with Crippen LogP contribution in [0.25, 0.3) is 0 Å². The lowest BCUT2D eigenvalue weighted by atomic mass is 9.68. The number of ether oxygens (including phenoxy) is 2. The third-order valence-electron chi connectivity index (χ3n) is 4.76. The predicted molar refractivity (Wildman–Crippen MR) is 78.4 cm³/mol. The maximum atomic E-state index is 13.0. The molecule has 0 bridgehead atoms. The summed E-state index contributed by atoms with van der Waals surface area (Å²) in [5, 5.41) is 11.1. The molecule has 1 spiro atoms. The van der Waals surface area contributed by atoms with Crippen molar-refractivity contribution in [2.24, 2.45) is 0 Å². The van der Waals surface area contributed by atoms with Gasteiger partial charge in [-0.1, -0.05) is 6.07 Å². The molecule has 0 aromatic heterocycles. The molecule has 0 saturated heterocycles. The number of hydrogen-bond acceptors (Lipinski definition) is 4. The molecule has 1 aliphatic carbocycles. The first-order valence-corrected chi connectivity index (χ1v) is 7.96. The van der Waals surface area contributed by atoms with E-state index in [1.54, 1.807) is 6.92 Å². The van der Waals surface area contributed by atoms with Crippen LogP contribution in [0.4, 0.5) is 13.2 Å². The fourth-order valence-corrected chi connectivity index (χ4v) is 3.52. The molecule has 4 nitrogen and oxygen atoms in total. The Hall–Kier alpha value is -1.76. The minimum atomic E-state index is -4.50. The Bertz CT molecular complexity index is 652. The van der Waals surface area contributed by atoms with Crippen molar-refractivity contribution in [2.45, 2.75) is 56.4 Å². The van der Waals surface area contributed by atoms with Crippen LogP contribution in [0.1, 0.15) is 50.2 Å². The molecule has 1 N–H and O–H groups in total. The van der Waals surface area contributed by atoms with Crippen LogP contribution in [0.5, 0.6) is 5.75 Å².